The Kier molecular flexibility index (Phi) is 7.66. The van der Waals surface area contributed by atoms with Crippen molar-refractivity contribution in [3.05, 3.63) is 77.3 Å². The third kappa shape index (κ3) is 4.99. The lowest BCUT2D eigenvalue weighted by Crippen LogP contribution is -2.42. The van der Waals surface area contributed by atoms with E-state index in [1.807, 2.05) is 26.8 Å². The molecule has 0 N–H and O–H groups in total. The molecule has 1 aliphatic carbocycles. The summed E-state index contributed by atoms with van der Waals surface area (Å²) in [7, 11) is -2.55. The summed E-state index contributed by atoms with van der Waals surface area (Å²) in [5.74, 6) is 0.296. The molecule has 3 heterocycles. The minimum absolute atomic E-state index is 0.00694. The number of rotatable bonds is 7. The molecule has 9 nitrogen and oxygen atoms in total. The maximum atomic E-state index is 13.8. The first kappa shape index (κ1) is 28.4. The monoisotopic (exact) mass is 571 g/mol. The van der Waals surface area contributed by atoms with Gasteiger partial charge in [0.15, 0.2) is 5.65 Å². The lowest BCUT2D eigenvalue weighted by atomic mass is 9.63. The van der Waals surface area contributed by atoms with E-state index >= 15 is 0 Å². The van der Waals surface area contributed by atoms with Crippen molar-refractivity contribution in [1.29, 1.82) is 0 Å². The third-order valence-electron chi connectivity index (χ3n) is 8.38. The first-order valence-electron chi connectivity index (χ1n) is 13.8. The fourth-order valence-corrected chi connectivity index (χ4v) is 7.41. The van der Waals surface area contributed by atoms with E-state index in [0.717, 1.165) is 40.8 Å². The molecular formula is C31H33N5O4S. The second-order valence-corrected chi connectivity index (χ2v) is 12.6. The van der Waals surface area contributed by atoms with E-state index < -0.39 is 15.4 Å². The van der Waals surface area contributed by atoms with Crippen LogP contribution in [-0.2, 0) is 26.0 Å². The van der Waals surface area contributed by atoms with E-state index in [9.17, 15) is 13.2 Å². The van der Waals surface area contributed by atoms with Gasteiger partial charge in [0, 0.05) is 36.0 Å². The number of esters is 1. The second kappa shape index (κ2) is 11.1. The highest BCUT2D eigenvalue weighted by Gasteiger charge is 2.46. The molecule has 0 unspecified atom stereocenters. The SMILES string of the molecule is [C-]#[N+]c1cnc(C[C@H]2CCCC[C@]2(CC)C(=O)OC)nc1-c1cn(S(=O)(=O)c2ccc(C)cc2)c2ncc(C)cc12. The highest BCUT2D eigenvalue weighted by atomic mass is 32.2. The smallest absolute Gasteiger partial charge is 0.312 e. The topological polar surface area (TPSA) is 108 Å². The van der Waals surface area contributed by atoms with Crippen LogP contribution in [-0.4, -0.2) is 40.4 Å². The van der Waals surface area contributed by atoms with E-state index in [0.29, 0.717) is 35.3 Å². The summed E-state index contributed by atoms with van der Waals surface area (Å²) in [6, 6.07) is 8.50. The molecule has 1 aromatic carbocycles. The van der Waals surface area contributed by atoms with Gasteiger partial charge in [-0.2, -0.15) is 0 Å². The number of benzene rings is 1. The molecule has 5 rings (SSSR count). The third-order valence-corrected chi connectivity index (χ3v) is 10.0. The van der Waals surface area contributed by atoms with Crippen LogP contribution in [0.4, 0.5) is 5.69 Å². The molecule has 1 saturated carbocycles. The number of aryl methyl sites for hydroxylation is 2. The van der Waals surface area contributed by atoms with Gasteiger partial charge in [-0.25, -0.2) is 27.2 Å². The van der Waals surface area contributed by atoms with Crippen LogP contribution in [0.3, 0.4) is 0 Å². The van der Waals surface area contributed by atoms with E-state index in [4.69, 9.17) is 16.3 Å². The summed E-state index contributed by atoms with van der Waals surface area (Å²) < 4.78 is 33.9. The van der Waals surface area contributed by atoms with Gasteiger partial charge >= 0.3 is 5.97 Å². The van der Waals surface area contributed by atoms with Gasteiger partial charge in [-0.3, -0.25) is 9.78 Å². The Labute approximate surface area is 240 Å². The highest BCUT2D eigenvalue weighted by Crippen LogP contribution is 2.46. The summed E-state index contributed by atoms with van der Waals surface area (Å²) in [4.78, 5) is 30.6. The first-order valence-corrected chi connectivity index (χ1v) is 15.2. The van der Waals surface area contributed by atoms with Crippen LogP contribution < -0.4 is 0 Å². The van der Waals surface area contributed by atoms with E-state index in [1.165, 1.54) is 19.5 Å². The van der Waals surface area contributed by atoms with Crippen LogP contribution in [0.15, 0.2) is 53.8 Å². The number of fused-ring (bicyclic) bond motifs is 1. The predicted molar refractivity (Wildman–Crippen MR) is 156 cm³/mol. The van der Waals surface area contributed by atoms with Gasteiger partial charge in [0.05, 0.1) is 29.7 Å². The molecule has 41 heavy (non-hydrogen) atoms. The highest BCUT2D eigenvalue weighted by molar-refractivity contribution is 7.90. The fourth-order valence-electron chi connectivity index (χ4n) is 6.08. The largest absolute Gasteiger partial charge is 0.469 e. The minimum Gasteiger partial charge on any atom is -0.469 e. The number of nitrogens with zero attached hydrogens (tertiary/aromatic N) is 5. The number of hydrogen-bond acceptors (Lipinski definition) is 7. The van der Waals surface area contributed by atoms with Crippen molar-refractivity contribution in [2.24, 2.45) is 11.3 Å². The van der Waals surface area contributed by atoms with Crippen molar-refractivity contribution in [3.63, 3.8) is 0 Å². The lowest BCUT2D eigenvalue weighted by Gasteiger charge is -2.41. The van der Waals surface area contributed by atoms with Crippen molar-refractivity contribution in [2.75, 3.05) is 7.11 Å². The van der Waals surface area contributed by atoms with E-state index in [1.54, 1.807) is 30.5 Å². The molecule has 0 amide bonds. The van der Waals surface area contributed by atoms with Gasteiger partial charge in [-0.15, -0.1) is 0 Å². The van der Waals surface area contributed by atoms with Crippen LogP contribution in [0.1, 0.15) is 56.0 Å². The number of aromatic nitrogens is 4. The normalized spacial score (nSPS) is 19.1. The number of hydrogen-bond donors (Lipinski definition) is 0. The standard InChI is InChI=1S/C31H33N5O4S/c1-6-31(30(37)40-5)14-8-7-9-22(31)16-27-33-18-26(32-4)28(35-27)25-19-36(29-24(25)15-21(3)17-34-29)41(38,39)23-12-10-20(2)11-13-23/h10-13,15,17-19,22H,6-9,14,16H2,1-3,5H3/t22-,31+/m1/s1. The van der Waals surface area contributed by atoms with Crippen LogP contribution in [0.25, 0.3) is 27.1 Å². The molecule has 2 atom stereocenters. The Morgan fingerprint density at radius 1 is 1.15 bits per heavy atom. The zero-order chi connectivity index (χ0) is 29.4. The molecule has 0 bridgehead atoms. The number of methoxy groups -OCH3 is 1. The van der Waals surface area contributed by atoms with E-state index in [2.05, 4.69) is 14.8 Å². The average Bonchev–Trinajstić information content (AvgIpc) is 3.36. The van der Waals surface area contributed by atoms with Crippen molar-refractivity contribution < 1.29 is 17.9 Å². The Morgan fingerprint density at radius 2 is 1.90 bits per heavy atom. The second-order valence-electron chi connectivity index (χ2n) is 10.8. The maximum Gasteiger partial charge on any atom is 0.312 e. The molecule has 0 saturated heterocycles. The summed E-state index contributed by atoms with van der Waals surface area (Å²) in [6.07, 6.45) is 9.29. The Morgan fingerprint density at radius 3 is 2.59 bits per heavy atom. The number of pyridine rings is 1. The molecule has 10 heteroatoms. The van der Waals surface area contributed by atoms with Gasteiger partial charge in [-0.1, -0.05) is 37.5 Å². The predicted octanol–water partition coefficient (Wildman–Crippen LogP) is 6.20. The van der Waals surface area contributed by atoms with Gasteiger partial charge in [0.2, 0.25) is 5.69 Å². The number of carbonyl (C=O) groups excluding carboxylic acids is 1. The fraction of sp³-hybridized carbons (Fsp3) is 0.387. The molecule has 0 spiro atoms. The Hall–Kier alpha value is -4.10. The van der Waals surface area contributed by atoms with Crippen LogP contribution >= 0.6 is 0 Å². The van der Waals surface area contributed by atoms with Gasteiger partial charge in [0.1, 0.15) is 5.82 Å². The van der Waals surface area contributed by atoms with Crippen LogP contribution in [0.2, 0.25) is 0 Å². The van der Waals surface area contributed by atoms with E-state index in [-0.39, 0.29) is 28.1 Å². The first-order chi connectivity index (χ1) is 19.6. The molecule has 1 fully saturated rings. The molecule has 212 valence electrons. The van der Waals surface area contributed by atoms with Crippen molar-refractivity contribution in [1.82, 2.24) is 18.9 Å². The minimum atomic E-state index is -3.98. The lowest BCUT2D eigenvalue weighted by molar-refractivity contribution is -0.159. The zero-order valence-electron chi connectivity index (χ0n) is 23.7. The summed E-state index contributed by atoms with van der Waals surface area (Å²) >= 11 is 0. The van der Waals surface area contributed by atoms with Crippen molar-refractivity contribution >= 4 is 32.7 Å². The van der Waals surface area contributed by atoms with Gasteiger partial charge < -0.3 is 4.74 Å². The van der Waals surface area contributed by atoms with Gasteiger partial charge in [-0.05, 0) is 62.8 Å². The molecule has 0 radical (unpaired) electrons. The van der Waals surface area contributed by atoms with Gasteiger partial charge in [0.25, 0.3) is 10.0 Å². The summed E-state index contributed by atoms with van der Waals surface area (Å²) in [6.45, 7) is 13.6. The maximum absolute atomic E-state index is 13.8. The molecule has 0 aliphatic heterocycles. The van der Waals surface area contributed by atoms with Crippen molar-refractivity contribution in [2.45, 2.75) is 64.2 Å². The molecule has 1 aliphatic rings. The quantitative estimate of drug-likeness (QED) is 0.192. The van der Waals surface area contributed by atoms with Crippen LogP contribution in [0, 0.1) is 31.8 Å². The van der Waals surface area contributed by atoms with Crippen LogP contribution in [0.5, 0.6) is 0 Å². The summed E-state index contributed by atoms with van der Waals surface area (Å²) in [5, 5.41) is 0.574. The Bertz CT molecular complexity index is 1770. The van der Waals surface area contributed by atoms with Crippen molar-refractivity contribution in [3.8, 4) is 11.3 Å². The Balaban J connectivity index is 1.65. The number of carbonyl (C=O) groups is 1. The summed E-state index contributed by atoms with van der Waals surface area (Å²) in [5.41, 5.74) is 2.48. The average molecular weight is 572 g/mol. The molecule has 4 aromatic rings. The molecular weight excluding hydrogens is 538 g/mol. The zero-order valence-corrected chi connectivity index (χ0v) is 24.5. The number of ether oxygens (including phenoxy) is 1. The molecule has 3 aromatic heterocycles.